The van der Waals surface area contributed by atoms with Crippen molar-refractivity contribution < 1.29 is 27.4 Å². The number of halogens is 4. The van der Waals surface area contributed by atoms with E-state index in [1.165, 1.54) is 10.7 Å². The van der Waals surface area contributed by atoms with Crippen LogP contribution in [0, 0.1) is 18.7 Å². The molecule has 0 unspecified atom stereocenters. The normalized spacial score (nSPS) is 15.7. The lowest BCUT2D eigenvalue weighted by Crippen LogP contribution is -2.19. The van der Waals surface area contributed by atoms with Crippen LogP contribution in [0.5, 0.6) is 5.75 Å². The number of rotatable bonds is 5. The first-order valence-electron chi connectivity index (χ1n) is 8.82. The van der Waals surface area contributed by atoms with Gasteiger partial charge in [0.15, 0.2) is 17.2 Å². The monoisotopic (exact) mass is 412 g/mol. The number of aliphatic hydroxyl groups excluding tert-OH is 1. The molecule has 0 radical (unpaired) electrons. The van der Waals surface area contributed by atoms with Crippen LogP contribution >= 0.6 is 0 Å². The Morgan fingerprint density at radius 3 is 2.69 bits per heavy atom. The van der Waals surface area contributed by atoms with Gasteiger partial charge < -0.3 is 14.8 Å². The molecule has 7 nitrogen and oxygen atoms in total. The summed E-state index contributed by atoms with van der Waals surface area (Å²) in [6.07, 6.45) is -3.41. The summed E-state index contributed by atoms with van der Waals surface area (Å²) < 4.78 is 56.6. The van der Waals surface area contributed by atoms with Crippen LogP contribution < -0.4 is 10.3 Å². The van der Waals surface area contributed by atoms with Gasteiger partial charge in [-0.1, -0.05) is 6.07 Å². The summed E-state index contributed by atoms with van der Waals surface area (Å²) >= 11 is 0. The summed E-state index contributed by atoms with van der Waals surface area (Å²) in [4.78, 5) is 19.2. The number of alkyl halides is 3. The van der Waals surface area contributed by atoms with Crippen LogP contribution in [0.25, 0.3) is 11.0 Å². The van der Waals surface area contributed by atoms with E-state index in [9.17, 15) is 27.5 Å². The van der Waals surface area contributed by atoms with E-state index in [0.717, 1.165) is 25.0 Å². The second kappa shape index (κ2) is 6.83. The largest absolute Gasteiger partial charge is 0.573 e. The second-order valence-corrected chi connectivity index (χ2v) is 6.92. The van der Waals surface area contributed by atoms with Gasteiger partial charge in [-0.05, 0) is 43.4 Å². The molecule has 0 saturated heterocycles. The molecular formula is C18H16F4N4O3. The van der Waals surface area contributed by atoms with E-state index in [1.807, 2.05) is 0 Å². The minimum absolute atomic E-state index is 0.0415. The van der Waals surface area contributed by atoms with E-state index in [2.05, 4.69) is 19.8 Å². The molecule has 2 aromatic heterocycles. The zero-order valence-corrected chi connectivity index (χ0v) is 15.1. The molecule has 2 heterocycles. The highest BCUT2D eigenvalue weighted by atomic mass is 19.4. The first-order valence-corrected chi connectivity index (χ1v) is 8.82. The number of aromatic nitrogens is 4. The summed E-state index contributed by atoms with van der Waals surface area (Å²) in [5.74, 6) is -1.71. The molecule has 2 N–H and O–H groups in total. The highest BCUT2D eigenvalue weighted by Gasteiger charge is 2.37. The highest BCUT2D eigenvalue weighted by molar-refractivity contribution is 5.77. The third kappa shape index (κ3) is 3.69. The fourth-order valence-electron chi connectivity index (χ4n) is 3.46. The van der Waals surface area contributed by atoms with Crippen molar-refractivity contribution in [3.05, 3.63) is 51.5 Å². The van der Waals surface area contributed by atoms with Crippen LogP contribution in [-0.4, -0.2) is 31.2 Å². The van der Waals surface area contributed by atoms with Gasteiger partial charge in [-0.3, -0.25) is 4.79 Å². The third-order valence-corrected chi connectivity index (χ3v) is 4.76. The van der Waals surface area contributed by atoms with Gasteiger partial charge in [-0.25, -0.2) is 14.1 Å². The Kier molecular flexibility index (Phi) is 4.56. The zero-order valence-electron chi connectivity index (χ0n) is 15.1. The Morgan fingerprint density at radius 1 is 1.38 bits per heavy atom. The fraction of sp³-hybridized carbons (Fsp3) is 0.389. The topological polar surface area (TPSA) is 93.0 Å². The van der Waals surface area contributed by atoms with E-state index in [4.69, 9.17) is 0 Å². The van der Waals surface area contributed by atoms with Crippen molar-refractivity contribution in [3.8, 4) is 5.75 Å². The number of aromatic amines is 1. The number of aliphatic hydroxyl groups is 1. The maximum atomic E-state index is 14.3. The van der Waals surface area contributed by atoms with Crippen molar-refractivity contribution in [2.24, 2.45) is 5.92 Å². The maximum Gasteiger partial charge on any atom is 0.573 e. The van der Waals surface area contributed by atoms with Crippen LogP contribution in [0.1, 0.15) is 36.0 Å². The molecule has 4 rings (SSSR count). The molecule has 0 bridgehead atoms. The first kappa shape index (κ1) is 19.4. The van der Waals surface area contributed by atoms with E-state index in [0.29, 0.717) is 11.4 Å². The maximum absolute atomic E-state index is 14.3. The molecule has 29 heavy (non-hydrogen) atoms. The van der Waals surface area contributed by atoms with Gasteiger partial charge in [-0.15, -0.1) is 13.2 Å². The van der Waals surface area contributed by atoms with Gasteiger partial charge in [0, 0.05) is 0 Å². The molecule has 1 aromatic carbocycles. The highest BCUT2D eigenvalue weighted by Crippen LogP contribution is 2.45. The van der Waals surface area contributed by atoms with Crippen molar-refractivity contribution in [2.45, 2.75) is 38.8 Å². The Morgan fingerprint density at radius 2 is 2.10 bits per heavy atom. The van der Waals surface area contributed by atoms with Gasteiger partial charge in [0.1, 0.15) is 16.9 Å². The summed E-state index contributed by atoms with van der Waals surface area (Å²) in [6.45, 7) is 1.09. The molecule has 1 fully saturated rings. The molecule has 0 aliphatic heterocycles. The predicted octanol–water partition coefficient (Wildman–Crippen LogP) is 2.96. The quantitative estimate of drug-likeness (QED) is 0.629. The van der Waals surface area contributed by atoms with Crippen LogP contribution in [-0.2, 0) is 6.61 Å². The van der Waals surface area contributed by atoms with Crippen molar-refractivity contribution in [2.75, 3.05) is 0 Å². The van der Waals surface area contributed by atoms with Gasteiger partial charge >= 0.3 is 6.36 Å². The lowest BCUT2D eigenvalue weighted by atomic mass is 10.0. The smallest absolute Gasteiger partial charge is 0.403 e. The molecule has 1 saturated carbocycles. The molecule has 11 heteroatoms. The Labute approximate surface area is 160 Å². The summed E-state index contributed by atoms with van der Waals surface area (Å²) in [7, 11) is 0. The number of ether oxygens (including phenoxy) is 1. The Bertz CT molecular complexity index is 1130. The number of fused-ring (bicyclic) bond motifs is 1. The van der Waals surface area contributed by atoms with Crippen LogP contribution in [0.4, 0.5) is 17.6 Å². The van der Waals surface area contributed by atoms with Crippen molar-refractivity contribution in [1.82, 2.24) is 19.7 Å². The van der Waals surface area contributed by atoms with Gasteiger partial charge in [0.25, 0.3) is 5.56 Å². The lowest BCUT2D eigenvalue weighted by molar-refractivity contribution is -0.275. The molecule has 0 amide bonds. The molecular weight excluding hydrogens is 396 g/mol. The molecule has 154 valence electrons. The van der Waals surface area contributed by atoms with Gasteiger partial charge in [0.05, 0.1) is 12.6 Å². The molecule has 1 aliphatic carbocycles. The summed E-state index contributed by atoms with van der Waals surface area (Å²) in [6, 6.07) is 2.66. The molecule has 3 aromatic rings. The van der Waals surface area contributed by atoms with Gasteiger partial charge in [0.2, 0.25) is 0 Å². The van der Waals surface area contributed by atoms with E-state index < -0.39 is 36.1 Å². The van der Waals surface area contributed by atoms with Crippen LogP contribution in [0.3, 0.4) is 0 Å². The number of hydrogen-bond acceptors (Lipinski definition) is 5. The number of H-pyrrole nitrogens is 1. The first-order chi connectivity index (χ1) is 13.7. The third-order valence-electron chi connectivity index (χ3n) is 4.76. The minimum atomic E-state index is -5.01. The van der Waals surface area contributed by atoms with Crippen molar-refractivity contribution in [1.29, 1.82) is 0 Å². The fourth-order valence-corrected chi connectivity index (χ4v) is 3.46. The van der Waals surface area contributed by atoms with Crippen LogP contribution in [0.2, 0.25) is 0 Å². The molecule has 1 aliphatic rings. The van der Waals surface area contributed by atoms with Gasteiger partial charge in [-0.2, -0.15) is 5.10 Å². The second-order valence-electron chi connectivity index (χ2n) is 6.92. The standard InChI is InChI=1S/C18H16F4N4O3/c1-8-23-16-14(17(28)24-8)12(7-27)25-26(16)15(9-2-3-9)10-4-5-13(11(19)6-10)29-18(20,21)22/h4-6,9,15,27H,2-3,7H2,1H3,(H,23,24,28)/t15-/m1/s1. The zero-order chi connectivity index (χ0) is 20.9. The molecule has 0 spiro atoms. The summed E-state index contributed by atoms with van der Waals surface area (Å²) in [5, 5.41) is 14.0. The Balaban J connectivity index is 1.84. The van der Waals surface area contributed by atoms with Crippen molar-refractivity contribution >= 4 is 11.0 Å². The van der Waals surface area contributed by atoms with E-state index in [1.54, 1.807) is 6.92 Å². The predicted molar refractivity (Wildman–Crippen MR) is 92.8 cm³/mol. The number of nitrogens with one attached hydrogen (secondary N) is 1. The van der Waals surface area contributed by atoms with E-state index >= 15 is 0 Å². The molecule has 1 atom stereocenters. The summed E-state index contributed by atoms with van der Waals surface area (Å²) in [5.41, 5.74) is 0.255. The number of hydrogen-bond donors (Lipinski definition) is 2. The number of aryl methyl sites for hydroxylation is 1. The lowest BCUT2D eigenvalue weighted by Gasteiger charge is -2.19. The average Bonchev–Trinajstić information content (AvgIpc) is 3.38. The van der Waals surface area contributed by atoms with E-state index in [-0.39, 0.29) is 22.6 Å². The SMILES string of the molecule is Cc1nc2c(c(CO)nn2[C@@H](c2ccc(OC(F)(F)F)c(F)c2)C2CC2)c(=O)[nH]1. The minimum Gasteiger partial charge on any atom is -0.403 e. The number of benzene rings is 1. The Hall–Kier alpha value is -2.95. The number of nitrogens with zero attached hydrogens (tertiary/aromatic N) is 3. The average molecular weight is 412 g/mol. The van der Waals surface area contributed by atoms with Crippen LogP contribution in [0.15, 0.2) is 23.0 Å². The van der Waals surface area contributed by atoms with Crippen molar-refractivity contribution in [3.63, 3.8) is 0 Å².